The fourth-order valence-corrected chi connectivity index (χ4v) is 1.67. The summed E-state index contributed by atoms with van der Waals surface area (Å²) in [6.07, 6.45) is -1.17. The summed E-state index contributed by atoms with van der Waals surface area (Å²) in [6, 6.07) is 8.58. The molecule has 0 N–H and O–H groups in total. The fraction of sp³-hybridized carbons (Fsp3) is 0.143. The smallest absolute Gasteiger partial charge is 0.263 e. The van der Waals surface area contributed by atoms with Crippen LogP contribution in [0.2, 0.25) is 0 Å². The van der Waals surface area contributed by atoms with Gasteiger partial charge in [-0.25, -0.2) is 8.78 Å². The van der Waals surface area contributed by atoms with E-state index in [0.29, 0.717) is 0 Å². The number of benzene rings is 1. The number of nitrogens with zero attached hydrogens (tertiary/aromatic N) is 1. The summed E-state index contributed by atoms with van der Waals surface area (Å²) in [5.74, 6) is -0.194. The molecular weight excluding hydrogens is 252 g/mol. The van der Waals surface area contributed by atoms with Gasteiger partial charge in [0.05, 0.1) is 12.7 Å². The molecule has 0 radical (unpaired) electrons. The Bertz CT molecular complexity index is 585. The SMILES string of the molecule is COc1ccc(C(F)F)cc1C(=O)c1ccccn1. The van der Waals surface area contributed by atoms with E-state index in [4.69, 9.17) is 4.74 Å². The van der Waals surface area contributed by atoms with Crippen molar-refractivity contribution in [2.75, 3.05) is 7.11 Å². The van der Waals surface area contributed by atoms with Crippen molar-refractivity contribution in [2.24, 2.45) is 0 Å². The van der Waals surface area contributed by atoms with Gasteiger partial charge in [0.15, 0.2) is 0 Å². The first-order valence-electron chi connectivity index (χ1n) is 5.55. The average molecular weight is 263 g/mol. The van der Waals surface area contributed by atoms with Gasteiger partial charge in [-0.3, -0.25) is 9.78 Å². The summed E-state index contributed by atoms with van der Waals surface area (Å²) in [7, 11) is 1.38. The van der Waals surface area contributed by atoms with Crippen molar-refractivity contribution < 1.29 is 18.3 Å². The van der Waals surface area contributed by atoms with Crippen LogP contribution in [0.4, 0.5) is 8.78 Å². The number of hydrogen-bond acceptors (Lipinski definition) is 3. The van der Waals surface area contributed by atoms with Crippen molar-refractivity contribution in [1.82, 2.24) is 4.98 Å². The van der Waals surface area contributed by atoms with E-state index < -0.39 is 12.2 Å². The molecule has 0 spiro atoms. The lowest BCUT2D eigenvalue weighted by molar-refractivity contribution is 0.103. The highest BCUT2D eigenvalue weighted by Gasteiger charge is 2.18. The normalized spacial score (nSPS) is 10.5. The maximum absolute atomic E-state index is 12.7. The first-order chi connectivity index (χ1) is 9.13. The molecule has 1 aromatic carbocycles. The third-order valence-electron chi connectivity index (χ3n) is 2.62. The summed E-state index contributed by atoms with van der Waals surface area (Å²) in [6.45, 7) is 0. The lowest BCUT2D eigenvalue weighted by Gasteiger charge is -2.09. The van der Waals surface area contributed by atoms with E-state index in [1.807, 2.05) is 0 Å². The third kappa shape index (κ3) is 2.76. The number of carbonyl (C=O) groups excluding carboxylic acids is 1. The predicted molar refractivity (Wildman–Crippen MR) is 65.6 cm³/mol. The van der Waals surface area contributed by atoms with Crippen molar-refractivity contribution >= 4 is 5.78 Å². The summed E-state index contributed by atoms with van der Waals surface area (Å²) < 4.78 is 30.4. The highest BCUT2D eigenvalue weighted by molar-refractivity contribution is 6.09. The van der Waals surface area contributed by atoms with Crippen LogP contribution in [0.5, 0.6) is 5.75 Å². The summed E-state index contributed by atoms with van der Waals surface area (Å²) in [4.78, 5) is 16.1. The van der Waals surface area contributed by atoms with Gasteiger partial charge in [-0.2, -0.15) is 0 Å². The Morgan fingerprint density at radius 2 is 2.05 bits per heavy atom. The van der Waals surface area contributed by atoms with Crippen LogP contribution < -0.4 is 4.74 Å². The molecule has 0 unspecified atom stereocenters. The molecule has 0 fully saturated rings. The molecule has 19 heavy (non-hydrogen) atoms. The third-order valence-corrected chi connectivity index (χ3v) is 2.62. The summed E-state index contributed by atoms with van der Waals surface area (Å²) >= 11 is 0. The summed E-state index contributed by atoms with van der Waals surface area (Å²) in [5, 5.41) is 0. The number of carbonyl (C=O) groups is 1. The molecule has 2 rings (SSSR count). The Hall–Kier alpha value is -2.30. The van der Waals surface area contributed by atoms with Gasteiger partial charge in [-0.15, -0.1) is 0 Å². The zero-order chi connectivity index (χ0) is 13.8. The molecule has 0 aliphatic carbocycles. The number of methoxy groups -OCH3 is 1. The number of ether oxygens (including phenoxy) is 1. The molecule has 1 heterocycles. The lowest BCUT2D eigenvalue weighted by Crippen LogP contribution is -2.06. The molecule has 0 atom stereocenters. The van der Waals surface area contributed by atoms with Crippen LogP contribution in [-0.4, -0.2) is 17.9 Å². The molecule has 2 aromatic rings. The molecule has 98 valence electrons. The van der Waals surface area contributed by atoms with Gasteiger partial charge in [0.1, 0.15) is 11.4 Å². The number of rotatable bonds is 4. The van der Waals surface area contributed by atoms with Crippen LogP contribution in [0.3, 0.4) is 0 Å². The number of pyridine rings is 1. The van der Waals surface area contributed by atoms with Crippen LogP contribution in [0, 0.1) is 0 Å². The zero-order valence-corrected chi connectivity index (χ0v) is 10.1. The Labute approximate surface area is 108 Å². The van der Waals surface area contributed by atoms with Gasteiger partial charge in [-0.1, -0.05) is 6.07 Å². The number of halogens is 2. The maximum atomic E-state index is 12.7. The standard InChI is InChI=1S/C14H11F2NO2/c1-19-12-6-5-9(14(15)16)8-10(12)13(18)11-4-2-3-7-17-11/h2-8,14H,1H3. The van der Waals surface area contributed by atoms with Gasteiger partial charge in [-0.05, 0) is 30.3 Å². The van der Waals surface area contributed by atoms with Gasteiger partial charge in [0.2, 0.25) is 5.78 Å². The van der Waals surface area contributed by atoms with Crippen LogP contribution in [-0.2, 0) is 0 Å². The van der Waals surface area contributed by atoms with Crippen molar-refractivity contribution in [3.8, 4) is 5.75 Å². The van der Waals surface area contributed by atoms with E-state index in [1.165, 1.54) is 31.5 Å². The monoisotopic (exact) mass is 263 g/mol. The van der Waals surface area contributed by atoms with E-state index >= 15 is 0 Å². The molecule has 5 heteroatoms. The van der Waals surface area contributed by atoms with Crippen LogP contribution in [0.1, 0.15) is 28.0 Å². The highest BCUT2D eigenvalue weighted by Crippen LogP contribution is 2.27. The van der Waals surface area contributed by atoms with Crippen molar-refractivity contribution in [2.45, 2.75) is 6.43 Å². The lowest BCUT2D eigenvalue weighted by atomic mass is 10.0. The Balaban J connectivity index is 2.48. The minimum Gasteiger partial charge on any atom is -0.496 e. The molecule has 1 aromatic heterocycles. The molecule has 3 nitrogen and oxygen atoms in total. The Kier molecular flexibility index (Phi) is 3.85. The number of alkyl halides is 2. The molecule has 0 saturated heterocycles. The van der Waals surface area contributed by atoms with Crippen molar-refractivity contribution in [3.05, 3.63) is 59.4 Å². The van der Waals surface area contributed by atoms with E-state index in [9.17, 15) is 13.6 Å². The zero-order valence-electron chi connectivity index (χ0n) is 10.1. The minimum absolute atomic E-state index is 0.0824. The number of hydrogen-bond donors (Lipinski definition) is 0. The van der Waals surface area contributed by atoms with Crippen LogP contribution in [0.15, 0.2) is 42.6 Å². The molecule has 0 saturated carbocycles. The molecule has 0 bridgehead atoms. The second-order valence-electron chi connectivity index (χ2n) is 3.80. The second kappa shape index (κ2) is 5.56. The highest BCUT2D eigenvalue weighted by atomic mass is 19.3. The van der Waals surface area contributed by atoms with Gasteiger partial charge in [0, 0.05) is 11.8 Å². The van der Waals surface area contributed by atoms with Gasteiger partial charge < -0.3 is 4.74 Å². The van der Waals surface area contributed by atoms with Gasteiger partial charge in [0.25, 0.3) is 6.43 Å². The van der Waals surface area contributed by atoms with E-state index in [-0.39, 0.29) is 22.6 Å². The minimum atomic E-state index is -2.64. The van der Waals surface area contributed by atoms with Crippen LogP contribution >= 0.6 is 0 Å². The maximum Gasteiger partial charge on any atom is 0.263 e. The first kappa shape index (κ1) is 13.1. The van der Waals surface area contributed by atoms with E-state index in [0.717, 1.165) is 6.07 Å². The number of aromatic nitrogens is 1. The molecule has 0 aliphatic heterocycles. The fourth-order valence-electron chi connectivity index (χ4n) is 1.67. The Morgan fingerprint density at radius 1 is 1.26 bits per heavy atom. The summed E-state index contributed by atoms with van der Waals surface area (Å²) in [5.41, 5.74) is 0.0475. The first-order valence-corrected chi connectivity index (χ1v) is 5.55. The average Bonchev–Trinajstić information content (AvgIpc) is 2.46. The largest absolute Gasteiger partial charge is 0.496 e. The van der Waals surface area contributed by atoms with E-state index in [1.54, 1.807) is 12.1 Å². The molecular formula is C14H11F2NO2. The molecule has 0 aliphatic rings. The van der Waals surface area contributed by atoms with Crippen LogP contribution in [0.25, 0.3) is 0 Å². The predicted octanol–water partition coefficient (Wildman–Crippen LogP) is 3.26. The van der Waals surface area contributed by atoms with E-state index in [2.05, 4.69) is 4.98 Å². The van der Waals surface area contributed by atoms with Crippen molar-refractivity contribution in [3.63, 3.8) is 0 Å². The second-order valence-corrected chi connectivity index (χ2v) is 3.80. The number of ketones is 1. The van der Waals surface area contributed by atoms with Crippen molar-refractivity contribution in [1.29, 1.82) is 0 Å². The van der Waals surface area contributed by atoms with Gasteiger partial charge >= 0.3 is 0 Å². The Morgan fingerprint density at radius 3 is 2.63 bits per heavy atom. The topological polar surface area (TPSA) is 39.2 Å². The quantitative estimate of drug-likeness (QED) is 0.795. The molecule has 0 amide bonds.